The molecule has 0 saturated heterocycles. The van der Waals surface area contributed by atoms with E-state index < -0.39 is 5.60 Å². The van der Waals surface area contributed by atoms with Gasteiger partial charge in [0.05, 0.1) is 0 Å². The van der Waals surface area contributed by atoms with Crippen LogP contribution < -0.4 is 0 Å². The molecule has 0 amide bonds. The smallest absolute Gasteiger partial charge is 0.330 e. The summed E-state index contributed by atoms with van der Waals surface area (Å²) in [7, 11) is 0. The molecule has 3 heteroatoms. The first-order valence-corrected chi connectivity index (χ1v) is 8.54. The number of hydrogen-bond donors (Lipinski definition) is 0. The average Bonchev–Trinajstić information content (AvgIpc) is 2.34. The summed E-state index contributed by atoms with van der Waals surface area (Å²) in [4.78, 5) is 12.9. The summed E-state index contributed by atoms with van der Waals surface area (Å²) in [5.41, 5.74) is 1.06. The van der Waals surface area contributed by atoms with Crippen molar-refractivity contribution in [1.82, 2.24) is 0 Å². The van der Waals surface area contributed by atoms with Crippen molar-refractivity contribution >= 4 is 17.7 Å². The third-order valence-corrected chi connectivity index (χ3v) is 4.03. The number of thioether (sulfide) groups is 1. The fourth-order valence-corrected chi connectivity index (χ4v) is 2.72. The van der Waals surface area contributed by atoms with Gasteiger partial charge in [-0.1, -0.05) is 39.0 Å². The van der Waals surface area contributed by atoms with Crippen molar-refractivity contribution in [3.63, 3.8) is 0 Å². The second kappa shape index (κ2) is 7.36. The van der Waals surface area contributed by atoms with Crippen LogP contribution in [0.15, 0.2) is 41.3 Å². The second-order valence-corrected chi connectivity index (χ2v) is 8.94. The van der Waals surface area contributed by atoms with Crippen molar-refractivity contribution in [3.05, 3.63) is 42.0 Å². The maximum absolute atomic E-state index is 11.7. The van der Waals surface area contributed by atoms with Crippen LogP contribution in [0.3, 0.4) is 0 Å². The van der Waals surface area contributed by atoms with E-state index in [1.807, 2.05) is 26.8 Å². The van der Waals surface area contributed by atoms with Crippen molar-refractivity contribution in [1.29, 1.82) is 0 Å². The first-order chi connectivity index (χ1) is 9.97. The average molecular weight is 320 g/mol. The highest BCUT2D eigenvalue weighted by Gasteiger charge is 2.15. The minimum Gasteiger partial charge on any atom is -0.457 e. The molecule has 0 aromatic heterocycles. The minimum atomic E-state index is -0.444. The van der Waals surface area contributed by atoms with E-state index in [4.69, 9.17) is 4.74 Å². The van der Waals surface area contributed by atoms with Crippen LogP contribution in [0.5, 0.6) is 0 Å². The van der Waals surface area contributed by atoms with E-state index >= 15 is 0 Å². The van der Waals surface area contributed by atoms with E-state index in [0.29, 0.717) is 0 Å². The van der Waals surface area contributed by atoms with Crippen LogP contribution in [0.1, 0.15) is 54.0 Å². The summed E-state index contributed by atoms with van der Waals surface area (Å²) in [6, 6.07) is 8.63. The molecule has 1 rings (SSSR count). The van der Waals surface area contributed by atoms with Gasteiger partial charge in [0, 0.05) is 16.2 Å². The minimum absolute atomic E-state index is 0.172. The summed E-state index contributed by atoms with van der Waals surface area (Å²) in [5, 5.41) is 0.216. The molecule has 0 aliphatic carbocycles. The lowest BCUT2D eigenvalue weighted by molar-refractivity contribution is -0.148. The maximum atomic E-state index is 11.7. The second-order valence-electron chi connectivity index (χ2n) is 7.49. The number of esters is 1. The highest BCUT2D eigenvalue weighted by atomic mass is 32.2. The van der Waals surface area contributed by atoms with Crippen LogP contribution in [0, 0.1) is 0 Å². The Morgan fingerprint density at radius 1 is 1.09 bits per heavy atom. The van der Waals surface area contributed by atoms with Gasteiger partial charge < -0.3 is 4.74 Å². The molecule has 0 unspecified atom stereocenters. The van der Waals surface area contributed by atoms with Crippen molar-refractivity contribution < 1.29 is 9.53 Å². The molecular weight excluding hydrogens is 292 g/mol. The van der Waals surface area contributed by atoms with E-state index in [1.165, 1.54) is 16.5 Å². The molecule has 22 heavy (non-hydrogen) atoms. The standard InChI is InChI=1S/C19H28O2S/c1-14(8-13-17(20)21-19(5,6)7)22-16-11-9-15(10-12-16)18(2,3)4/h8-14H,1-7H3/b13-8+/t14-/m0/s1. The number of benzene rings is 1. The van der Waals surface area contributed by atoms with Gasteiger partial charge >= 0.3 is 5.97 Å². The summed E-state index contributed by atoms with van der Waals surface area (Å²) in [6.07, 6.45) is 3.41. The Labute approximate surface area is 139 Å². The van der Waals surface area contributed by atoms with Gasteiger partial charge in [-0.15, -0.1) is 11.8 Å². The molecule has 0 heterocycles. The topological polar surface area (TPSA) is 26.3 Å². The molecular formula is C19H28O2S. The Morgan fingerprint density at radius 3 is 2.09 bits per heavy atom. The summed E-state index contributed by atoms with van der Waals surface area (Å²) in [6.45, 7) is 14.3. The first-order valence-electron chi connectivity index (χ1n) is 7.66. The Balaban J connectivity index is 2.58. The van der Waals surface area contributed by atoms with Gasteiger partial charge in [-0.25, -0.2) is 4.79 Å². The first kappa shape index (κ1) is 18.8. The molecule has 122 valence electrons. The number of carbonyl (C=O) groups is 1. The van der Waals surface area contributed by atoms with Gasteiger partial charge in [0.1, 0.15) is 5.60 Å². The van der Waals surface area contributed by atoms with Crippen LogP contribution in [0.25, 0.3) is 0 Å². The van der Waals surface area contributed by atoms with Gasteiger partial charge in [-0.2, -0.15) is 0 Å². The molecule has 0 saturated carbocycles. The van der Waals surface area contributed by atoms with Crippen LogP contribution in [0.4, 0.5) is 0 Å². The fraction of sp³-hybridized carbons (Fsp3) is 0.526. The molecule has 1 aromatic rings. The van der Waals surface area contributed by atoms with Crippen LogP contribution in [0.2, 0.25) is 0 Å². The van der Waals surface area contributed by atoms with Crippen molar-refractivity contribution in [2.24, 2.45) is 0 Å². The van der Waals surface area contributed by atoms with Crippen molar-refractivity contribution in [2.75, 3.05) is 0 Å². The van der Waals surface area contributed by atoms with E-state index in [9.17, 15) is 4.79 Å². The Morgan fingerprint density at radius 2 is 1.64 bits per heavy atom. The third kappa shape index (κ3) is 7.17. The highest BCUT2D eigenvalue weighted by Crippen LogP contribution is 2.28. The largest absolute Gasteiger partial charge is 0.457 e. The van der Waals surface area contributed by atoms with Gasteiger partial charge in [-0.05, 0) is 50.8 Å². The predicted octanol–water partition coefficient (Wildman–Crippen LogP) is 5.36. The number of ether oxygens (including phenoxy) is 1. The zero-order chi connectivity index (χ0) is 17.0. The van der Waals surface area contributed by atoms with E-state index in [0.717, 1.165) is 0 Å². The highest BCUT2D eigenvalue weighted by molar-refractivity contribution is 8.00. The van der Waals surface area contributed by atoms with Gasteiger partial charge in [-0.3, -0.25) is 0 Å². The van der Waals surface area contributed by atoms with Crippen LogP contribution in [-0.4, -0.2) is 16.8 Å². The number of rotatable bonds is 4. The molecule has 1 atom stereocenters. The molecule has 1 aromatic carbocycles. The zero-order valence-electron chi connectivity index (χ0n) is 14.8. The normalized spacial score (nSPS) is 14.1. The van der Waals surface area contributed by atoms with Crippen LogP contribution >= 0.6 is 11.8 Å². The fourth-order valence-electron chi connectivity index (χ4n) is 1.84. The molecule has 0 aliphatic heterocycles. The van der Waals surface area contributed by atoms with E-state index in [1.54, 1.807) is 11.8 Å². The Hall–Kier alpha value is -1.22. The molecule has 2 nitrogen and oxygen atoms in total. The van der Waals surface area contributed by atoms with E-state index in [2.05, 4.69) is 52.0 Å². The monoisotopic (exact) mass is 320 g/mol. The van der Waals surface area contributed by atoms with Gasteiger partial charge in [0.25, 0.3) is 0 Å². The zero-order valence-corrected chi connectivity index (χ0v) is 15.6. The lowest BCUT2D eigenvalue weighted by Crippen LogP contribution is -2.22. The number of carbonyl (C=O) groups excluding carboxylic acids is 1. The third-order valence-electron chi connectivity index (χ3n) is 2.95. The summed E-state index contributed by atoms with van der Waals surface area (Å²) in [5.74, 6) is -0.289. The van der Waals surface area contributed by atoms with Crippen molar-refractivity contribution in [2.45, 2.75) is 69.6 Å². The van der Waals surface area contributed by atoms with Crippen LogP contribution in [-0.2, 0) is 14.9 Å². The molecule has 0 bridgehead atoms. The molecule has 0 fully saturated rings. The Kier molecular flexibility index (Phi) is 6.30. The maximum Gasteiger partial charge on any atom is 0.330 e. The summed E-state index contributed by atoms with van der Waals surface area (Å²) >= 11 is 1.73. The van der Waals surface area contributed by atoms with Gasteiger partial charge in [0.15, 0.2) is 0 Å². The molecule has 0 N–H and O–H groups in total. The van der Waals surface area contributed by atoms with E-state index in [-0.39, 0.29) is 16.6 Å². The molecule has 0 spiro atoms. The molecule has 0 radical (unpaired) electrons. The SMILES string of the molecule is C[C@@H](/C=C/C(=O)OC(C)(C)C)Sc1ccc(C(C)(C)C)cc1. The predicted molar refractivity (Wildman–Crippen MR) is 95.4 cm³/mol. The molecule has 0 aliphatic rings. The quantitative estimate of drug-likeness (QED) is 0.424. The Bertz CT molecular complexity index is 516. The summed E-state index contributed by atoms with van der Waals surface area (Å²) < 4.78 is 5.26. The van der Waals surface area contributed by atoms with Gasteiger partial charge in [0.2, 0.25) is 0 Å². The lowest BCUT2D eigenvalue weighted by atomic mass is 9.87. The lowest BCUT2D eigenvalue weighted by Gasteiger charge is -2.19. The number of hydrogen-bond acceptors (Lipinski definition) is 3. The van der Waals surface area contributed by atoms with Crippen molar-refractivity contribution in [3.8, 4) is 0 Å².